The van der Waals surface area contributed by atoms with Crippen LogP contribution in [0.3, 0.4) is 0 Å². The average molecular weight is 301 g/mol. The number of rotatable bonds is 5. The van der Waals surface area contributed by atoms with Gasteiger partial charge in [0.15, 0.2) is 0 Å². The van der Waals surface area contributed by atoms with E-state index in [1.54, 1.807) is 6.20 Å². The summed E-state index contributed by atoms with van der Waals surface area (Å²) in [5, 5.41) is 13.7. The molecule has 2 N–H and O–H groups in total. The summed E-state index contributed by atoms with van der Waals surface area (Å²) in [5.74, 6) is 1.28. The van der Waals surface area contributed by atoms with Crippen LogP contribution in [0.15, 0.2) is 24.9 Å². The predicted molar refractivity (Wildman–Crippen MR) is 83.1 cm³/mol. The van der Waals surface area contributed by atoms with Crippen LogP contribution in [0, 0.1) is 19.8 Å². The molecule has 6 nitrogen and oxygen atoms in total. The van der Waals surface area contributed by atoms with Crippen molar-refractivity contribution in [3.8, 4) is 0 Å². The van der Waals surface area contributed by atoms with Crippen LogP contribution in [0.25, 0.3) is 0 Å². The molecule has 22 heavy (non-hydrogen) atoms. The lowest BCUT2D eigenvalue weighted by Crippen LogP contribution is -2.35. The van der Waals surface area contributed by atoms with E-state index in [0.717, 1.165) is 36.5 Å². The van der Waals surface area contributed by atoms with Crippen LogP contribution in [0.5, 0.6) is 0 Å². The van der Waals surface area contributed by atoms with Gasteiger partial charge in [0.2, 0.25) is 0 Å². The topological polar surface area (TPSA) is 75.9 Å². The fourth-order valence-corrected chi connectivity index (χ4v) is 3.20. The number of aliphatic hydroxyl groups is 1. The molecule has 1 saturated carbocycles. The molecule has 0 bridgehead atoms. The van der Waals surface area contributed by atoms with E-state index in [-0.39, 0.29) is 12.1 Å². The number of nitrogens with zero attached hydrogens (tertiary/aromatic N) is 4. The van der Waals surface area contributed by atoms with Crippen LogP contribution < -0.4 is 5.32 Å². The molecule has 0 saturated heterocycles. The van der Waals surface area contributed by atoms with Crippen molar-refractivity contribution in [3.63, 3.8) is 0 Å². The maximum absolute atomic E-state index is 10.3. The first-order valence-electron chi connectivity index (χ1n) is 7.78. The van der Waals surface area contributed by atoms with Crippen LogP contribution >= 0.6 is 0 Å². The van der Waals surface area contributed by atoms with Gasteiger partial charge < -0.3 is 15.0 Å². The zero-order chi connectivity index (χ0) is 15.5. The summed E-state index contributed by atoms with van der Waals surface area (Å²) in [6, 6.07) is 0.134. The molecule has 0 amide bonds. The summed E-state index contributed by atoms with van der Waals surface area (Å²) in [4.78, 5) is 12.7. The maximum Gasteiger partial charge on any atom is 0.125 e. The Kier molecular flexibility index (Phi) is 4.49. The molecule has 2 aromatic rings. The molecule has 3 rings (SSSR count). The average Bonchev–Trinajstić information content (AvgIpc) is 3.08. The minimum Gasteiger partial charge on any atom is -0.391 e. The van der Waals surface area contributed by atoms with E-state index in [2.05, 4.69) is 24.8 Å². The monoisotopic (exact) mass is 301 g/mol. The zero-order valence-electron chi connectivity index (χ0n) is 13.1. The van der Waals surface area contributed by atoms with Gasteiger partial charge in [0.25, 0.3) is 0 Å². The van der Waals surface area contributed by atoms with Gasteiger partial charge in [0.1, 0.15) is 5.82 Å². The van der Waals surface area contributed by atoms with Gasteiger partial charge in [-0.3, -0.25) is 0 Å². The van der Waals surface area contributed by atoms with Crippen molar-refractivity contribution < 1.29 is 5.11 Å². The molecular weight excluding hydrogens is 278 g/mol. The molecule has 0 aromatic carbocycles. The van der Waals surface area contributed by atoms with Gasteiger partial charge in [0, 0.05) is 49.0 Å². The highest BCUT2D eigenvalue weighted by atomic mass is 16.3. The van der Waals surface area contributed by atoms with Crippen molar-refractivity contribution in [1.29, 1.82) is 0 Å². The second-order valence-corrected chi connectivity index (χ2v) is 6.18. The third-order valence-corrected chi connectivity index (χ3v) is 4.41. The molecule has 1 unspecified atom stereocenters. The van der Waals surface area contributed by atoms with Crippen LogP contribution in [0.4, 0.5) is 0 Å². The molecule has 1 aliphatic rings. The quantitative estimate of drug-likeness (QED) is 0.868. The second kappa shape index (κ2) is 6.54. The Labute approximate surface area is 130 Å². The standard InChI is InChI=1S/C16H23N5O/c1-11-14(7-18-12(2)20-11)8-19-15-5-13(6-16(15)22)9-21-4-3-17-10-21/h3-4,7,10,13,15-16,19,22H,5-6,8-9H2,1-2H3/t13?,15-,16-/m1/s1. The lowest BCUT2D eigenvalue weighted by molar-refractivity contribution is 0.145. The van der Waals surface area contributed by atoms with E-state index in [1.807, 2.05) is 32.6 Å². The van der Waals surface area contributed by atoms with Crippen molar-refractivity contribution in [3.05, 3.63) is 42.0 Å². The van der Waals surface area contributed by atoms with Crippen LogP contribution in [0.1, 0.15) is 29.9 Å². The summed E-state index contributed by atoms with van der Waals surface area (Å²) >= 11 is 0. The number of nitrogens with one attached hydrogen (secondary N) is 1. The lowest BCUT2D eigenvalue weighted by Gasteiger charge is -2.17. The molecule has 0 radical (unpaired) electrons. The molecule has 1 fully saturated rings. The van der Waals surface area contributed by atoms with Crippen LogP contribution in [-0.4, -0.2) is 36.8 Å². The molecule has 0 spiro atoms. The van der Waals surface area contributed by atoms with E-state index < -0.39 is 0 Å². The first-order valence-corrected chi connectivity index (χ1v) is 7.78. The molecule has 2 aromatic heterocycles. The molecule has 1 aliphatic carbocycles. The zero-order valence-corrected chi connectivity index (χ0v) is 13.1. The van der Waals surface area contributed by atoms with E-state index >= 15 is 0 Å². The van der Waals surface area contributed by atoms with Crippen molar-refractivity contribution in [2.45, 2.75) is 51.9 Å². The molecule has 2 heterocycles. The fourth-order valence-electron chi connectivity index (χ4n) is 3.20. The number of aliphatic hydroxyl groups excluding tert-OH is 1. The third-order valence-electron chi connectivity index (χ3n) is 4.41. The Morgan fingerprint density at radius 1 is 1.36 bits per heavy atom. The molecule has 3 atom stereocenters. The van der Waals surface area contributed by atoms with Gasteiger partial charge in [-0.2, -0.15) is 0 Å². The van der Waals surface area contributed by atoms with E-state index in [9.17, 15) is 5.11 Å². The number of hydrogen-bond acceptors (Lipinski definition) is 5. The number of imidazole rings is 1. The van der Waals surface area contributed by atoms with Gasteiger partial charge in [-0.15, -0.1) is 0 Å². The number of aryl methyl sites for hydroxylation is 2. The summed E-state index contributed by atoms with van der Waals surface area (Å²) in [6.45, 7) is 5.51. The lowest BCUT2D eigenvalue weighted by atomic mass is 10.1. The highest BCUT2D eigenvalue weighted by molar-refractivity contribution is 5.15. The van der Waals surface area contributed by atoms with E-state index in [0.29, 0.717) is 12.5 Å². The highest BCUT2D eigenvalue weighted by Gasteiger charge is 2.32. The van der Waals surface area contributed by atoms with Gasteiger partial charge in [0.05, 0.1) is 12.4 Å². The van der Waals surface area contributed by atoms with Crippen molar-refractivity contribution >= 4 is 0 Å². The smallest absolute Gasteiger partial charge is 0.125 e. The SMILES string of the molecule is Cc1ncc(CN[C@@H]2CC(Cn3ccnc3)C[C@H]2O)c(C)n1. The minimum atomic E-state index is -0.291. The largest absolute Gasteiger partial charge is 0.391 e. The normalized spacial score (nSPS) is 24.8. The second-order valence-electron chi connectivity index (χ2n) is 6.18. The number of hydrogen-bond donors (Lipinski definition) is 2. The summed E-state index contributed by atoms with van der Waals surface area (Å²) < 4.78 is 2.08. The predicted octanol–water partition coefficient (Wildman–Crippen LogP) is 1.22. The first kappa shape index (κ1) is 15.1. The summed E-state index contributed by atoms with van der Waals surface area (Å²) in [7, 11) is 0. The molecule has 118 valence electrons. The Hall–Kier alpha value is -1.79. The first-order chi connectivity index (χ1) is 10.6. The Morgan fingerprint density at radius 3 is 2.95 bits per heavy atom. The molecular formula is C16H23N5O. The van der Waals surface area contributed by atoms with Crippen molar-refractivity contribution in [1.82, 2.24) is 24.8 Å². The van der Waals surface area contributed by atoms with Crippen LogP contribution in [0.2, 0.25) is 0 Å². The van der Waals surface area contributed by atoms with Gasteiger partial charge in [-0.1, -0.05) is 0 Å². The van der Waals surface area contributed by atoms with Crippen molar-refractivity contribution in [2.24, 2.45) is 5.92 Å². The van der Waals surface area contributed by atoms with Crippen molar-refractivity contribution in [2.75, 3.05) is 0 Å². The maximum atomic E-state index is 10.3. The van der Waals surface area contributed by atoms with E-state index in [4.69, 9.17) is 0 Å². The fraction of sp³-hybridized carbons (Fsp3) is 0.562. The third kappa shape index (κ3) is 3.51. The summed E-state index contributed by atoms with van der Waals surface area (Å²) in [6.07, 6.45) is 8.99. The Balaban J connectivity index is 1.54. The Bertz CT molecular complexity index is 613. The van der Waals surface area contributed by atoms with Gasteiger partial charge >= 0.3 is 0 Å². The minimum absolute atomic E-state index is 0.134. The molecule has 0 aliphatic heterocycles. The van der Waals surface area contributed by atoms with Gasteiger partial charge in [-0.05, 0) is 32.6 Å². The highest BCUT2D eigenvalue weighted by Crippen LogP contribution is 2.27. The number of aromatic nitrogens is 4. The Morgan fingerprint density at radius 2 is 2.23 bits per heavy atom. The van der Waals surface area contributed by atoms with Crippen LogP contribution in [-0.2, 0) is 13.1 Å². The van der Waals surface area contributed by atoms with Gasteiger partial charge in [-0.25, -0.2) is 15.0 Å². The summed E-state index contributed by atoms with van der Waals surface area (Å²) in [5.41, 5.74) is 2.10. The van der Waals surface area contributed by atoms with E-state index in [1.165, 1.54) is 0 Å². The molecule has 6 heteroatoms.